The zero-order chi connectivity index (χ0) is 15.5. The van der Waals surface area contributed by atoms with E-state index in [1.54, 1.807) is 29.3 Å². The lowest BCUT2D eigenvalue weighted by molar-refractivity contribution is 0.0857. The summed E-state index contributed by atoms with van der Waals surface area (Å²) < 4.78 is 13.4. The summed E-state index contributed by atoms with van der Waals surface area (Å²) in [6.07, 6.45) is 3.13. The zero-order valence-corrected chi connectivity index (χ0v) is 12.1. The molecule has 2 aromatic rings. The number of pyridine rings is 1. The number of amides is 1. The summed E-state index contributed by atoms with van der Waals surface area (Å²) >= 11 is 0. The highest BCUT2D eigenvalue weighted by molar-refractivity contribution is 6.10. The van der Waals surface area contributed by atoms with Crippen molar-refractivity contribution in [2.75, 3.05) is 18.4 Å². The van der Waals surface area contributed by atoms with Crippen molar-refractivity contribution in [2.45, 2.75) is 6.92 Å². The van der Waals surface area contributed by atoms with E-state index in [0.29, 0.717) is 30.3 Å². The fourth-order valence-corrected chi connectivity index (χ4v) is 2.25. The first-order chi connectivity index (χ1) is 10.6. The normalized spacial score (nSPS) is 13.9. The van der Waals surface area contributed by atoms with Crippen molar-refractivity contribution in [3.8, 4) is 0 Å². The lowest BCUT2D eigenvalue weighted by Gasteiger charge is -2.20. The predicted octanol–water partition coefficient (Wildman–Crippen LogP) is 2.45. The van der Waals surface area contributed by atoms with Gasteiger partial charge in [-0.15, -0.1) is 0 Å². The van der Waals surface area contributed by atoms with Gasteiger partial charge in [0, 0.05) is 24.6 Å². The fourth-order valence-electron chi connectivity index (χ4n) is 2.25. The molecule has 2 heterocycles. The van der Waals surface area contributed by atoms with E-state index in [-0.39, 0.29) is 11.7 Å². The molecule has 3 rings (SSSR count). The Kier molecular flexibility index (Phi) is 3.82. The van der Waals surface area contributed by atoms with Crippen LogP contribution >= 0.6 is 0 Å². The van der Waals surface area contributed by atoms with Gasteiger partial charge in [0.25, 0.3) is 5.91 Å². The van der Waals surface area contributed by atoms with E-state index in [1.807, 2.05) is 6.92 Å². The van der Waals surface area contributed by atoms with Crippen LogP contribution in [-0.2, 0) is 0 Å². The van der Waals surface area contributed by atoms with Gasteiger partial charge in [-0.25, -0.2) is 4.39 Å². The molecule has 1 aromatic carbocycles. The summed E-state index contributed by atoms with van der Waals surface area (Å²) in [7, 11) is 0. The average Bonchev–Trinajstić information content (AvgIpc) is 2.99. The van der Waals surface area contributed by atoms with Crippen molar-refractivity contribution in [1.82, 2.24) is 9.88 Å². The highest BCUT2D eigenvalue weighted by Gasteiger charge is 2.25. The molecule has 0 saturated carbocycles. The number of aliphatic imine (C=N–C) groups is 1. The maximum absolute atomic E-state index is 13.4. The first kappa shape index (κ1) is 14.2. The van der Waals surface area contributed by atoms with Gasteiger partial charge >= 0.3 is 0 Å². The first-order valence-electron chi connectivity index (χ1n) is 6.94. The number of hydrogen-bond donors (Lipinski definition) is 1. The van der Waals surface area contributed by atoms with Gasteiger partial charge in [0.05, 0.1) is 12.1 Å². The van der Waals surface area contributed by atoms with Crippen molar-refractivity contribution < 1.29 is 9.18 Å². The number of guanidine groups is 1. The summed E-state index contributed by atoms with van der Waals surface area (Å²) in [4.78, 5) is 22.3. The molecular formula is C16H15FN4O. The second-order valence-corrected chi connectivity index (χ2v) is 4.99. The van der Waals surface area contributed by atoms with Crippen LogP contribution in [0.2, 0.25) is 0 Å². The molecule has 1 amide bonds. The van der Waals surface area contributed by atoms with Crippen LogP contribution in [-0.4, -0.2) is 34.8 Å². The van der Waals surface area contributed by atoms with E-state index in [9.17, 15) is 9.18 Å². The number of nitrogens with one attached hydrogen (secondary N) is 1. The van der Waals surface area contributed by atoms with Gasteiger partial charge in [-0.1, -0.05) is 6.07 Å². The van der Waals surface area contributed by atoms with Crippen LogP contribution in [0, 0.1) is 12.7 Å². The third-order valence-electron chi connectivity index (χ3n) is 3.44. The van der Waals surface area contributed by atoms with Gasteiger partial charge in [0.1, 0.15) is 5.82 Å². The van der Waals surface area contributed by atoms with Crippen molar-refractivity contribution in [1.29, 1.82) is 0 Å². The van der Waals surface area contributed by atoms with Crippen LogP contribution in [0.15, 0.2) is 47.7 Å². The Morgan fingerprint density at radius 2 is 2.23 bits per heavy atom. The number of aryl methyl sites for hydroxylation is 1. The van der Waals surface area contributed by atoms with Crippen LogP contribution in [0.3, 0.4) is 0 Å². The molecule has 0 saturated heterocycles. The summed E-state index contributed by atoms with van der Waals surface area (Å²) in [5.74, 6) is -0.0784. The van der Waals surface area contributed by atoms with Crippen molar-refractivity contribution in [3.63, 3.8) is 0 Å². The van der Waals surface area contributed by atoms with Crippen molar-refractivity contribution in [3.05, 3.63) is 59.7 Å². The summed E-state index contributed by atoms with van der Waals surface area (Å²) in [6, 6.07) is 7.89. The predicted molar refractivity (Wildman–Crippen MR) is 82.3 cm³/mol. The Balaban J connectivity index is 1.82. The number of nitrogens with zero attached hydrogens (tertiary/aromatic N) is 3. The Hall–Kier alpha value is -2.76. The van der Waals surface area contributed by atoms with Gasteiger partial charge in [-0.05, 0) is 36.8 Å². The van der Waals surface area contributed by atoms with E-state index in [2.05, 4.69) is 15.3 Å². The molecule has 1 N–H and O–H groups in total. The minimum absolute atomic E-state index is 0.175. The number of carbonyl (C=O) groups is 1. The van der Waals surface area contributed by atoms with Crippen LogP contribution in [0.1, 0.15) is 15.9 Å². The summed E-state index contributed by atoms with van der Waals surface area (Å²) in [5, 5.41) is 3.05. The minimum Gasteiger partial charge on any atom is -0.325 e. The van der Waals surface area contributed by atoms with E-state index in [0.717, 1.165) is 5.56 Å². The summed E-state index contributed by atoms with van der Waals surface area (Å²) in [6.45, 7) is 2.87. The second kappa shape index (κ2) is 5.93. The standard InChI is InChI=1S/C16H15FN4O/c1-11-4-5-13(17)9-14(11)20-16-19-7-8-21(16)15(22)12-3-2-6-18-10-12/h2-6,9-10H,7-8H2,1H3,(H,19,20). The smallest absolute Gasteiger partial charge is 0.262 e. The van der Waals surface area contributed by atoms with Crippen molar-refractivity contribution >= 4 is 17.6 Å². The Morgan fingerprint density at radius 3 is 3.00 bits per heavy atom. The molecule has 6 heteroatoms. The molecule has 112 valence electrons. The molecular weight excluding hydrogens is 283 g/mol. The number of rotatable bonds is 2. The monoisotopic (exact) mass is 298 g/mol. The third-order valence-corrected chi connectivity index (χ3v) is 3.44. The van der Waals surface area contributed by atoms with Crippen LogP contribution in [0.5, 0.6) is 0 Å². The average molecular weight is 298 g/mol. The van der Waals surface area contributed by atoms with E-state index in [1.165, 1.54) is 18.3 Å². The fraction of sp³-hybridized carbons (Fsp3) is 0.188. The quantitative estimate of drug-likeness (QED) is 0.926. The third kappa shape index (κ3) is 2.81. The van der Waals surface area contributed by atoms with Gasteiger partial charge in [-0.2, -0.15) is 0 Å². The molecule has 1 aromatic heterocycles. The minimum atomic E-state index is -0.336. The van der Waals surface area contributed by atoms with Gasteiger partial charge in [0.15, 0.2) is 0 Å². The number of halogens is 1. The van der Waals surface area contributed by atoms with Gasteiger partial charge in [0.2, 0.25) is 5.96 Å². The first-order valence-corrected chi connectivity index (χ1v) is 6.94. The molecule has 0 radical (unpaired) electrons. The summed E-state index contributed by atoms with van der Waals surface area (Å²) in [5.41, 5.74) is 1.98. The number of aromatic nitrogens is 1. The Labute approximate surface area is 127 Å². The molecule has 22 heavy (non-hydrogen) atoms. The van der Waals surface area contributed by atoms with Crippen LogP contribution in [0.25, 0.3) is 0 Å². The molecule has 0 aliphatic carbocycles. The Bertz CT molecular complexity index is 730. The topological polar surface area (TPSA) is 57.6 Å². The van der Waals surface area contributed by atoms with Crippen molar-refractivity contribution in [2.24, 2.45) is 4.99 Å². The number of benzene rings is 1. The Morgan fingerprint density at radius 1 is 1.36 bits per heavy atom. The zero-order valence-electron chi connectivity index (χ0n) is 12.1. The molecule has 5 nitrogen and oxygen atoms in total. The highest BCUT2D eigenvalue weighted by Crippen LogP contribution is 2.18. The molecule has 1 aliphatic rings. The molecule has 0 atom stereocenters. The number of carbonyl (C=O) groups excluding carboxylic acids is 1. The largest absolute Gasteiger partial charge is 0.325 e. The lowest BCUT2D eigenvalue weighted by atomic mass is 10.2. The SMILES string of the molecule is Cc1ccc(F)cc1NC1=NCCN1C(=O)c1cccnc1. The maximum Gasteiger partial charge on any atom is 0.262 e. The van der Waals surface area contributed by atoms with E-state index in [4.69, 9.17) is 0 Å². The van der Waals surface area contributed by atoms with Gasteiger partial charge < -0.3 is 5.32 Å². The van der Waals surface area contributed by atoms with E-state index >= 15 is 0 Å². The lowest BCUT2D eigenvalue weighted by Crippen LogP contribution is -2.38. The van der Waals surface area contributed by atoms with Crippen LogP contribution < -0.4 is 5.32 Å². The molecule has 1 aliphatic heterocycles. The molecule has 0 bridgehead atoms. The molecule has 0 unspecified atom stereocenters. The van der Waals surface area contributed by atoms with Crippen LogP contribution in [0.4, 0.5) is 10.1 Å². The van der Waals surface area contributed by atoms with E-state index < -0.39 is 0 Å². The van der Waals surface area contributed by atoms with Gasteiger partial charge in [-0.3, -0.25) is 19.7 Å². The maximum atomic E-state index is 13.4. The number of hydrogen-bond acceptors (Lipinski definition) is 4. The second-order valence-electron chi connectivity index (χ2n) is 4.99. The molecule has 0 spiro atoms. The molecule has 0 fully saturated rings. The number of anilines is 1. The highest BCUT2D eigenvalue weighted by atomic mass is 19.1.